The van der Waals surface area contributed by atoms with Gasteiger partial charge in [0, 0.05) is 25.0 Å². The van der Waals surface area contributed by atoms with Gasteiger partial charge in [0.15, 0.2) is 10.8 Å². The molecule has 4 rings (SSSR count). The average molecular weight is 342 g/mol. The quantitative estimate of drug-likeness (QED) is 0.720. The van der Waals surface area contributed by atoms with Crippen LogP contribution >= 0.6 is 11.3 Å². The Balaban J connectivity index is 1.79. The lowest BCUT2D eigenvalue weighted by Gasteiger charge is -2.19. The van der Waals surface area contributed by atoms with E-state index in [0.717, 1.165) is 40.8 Å². The molecular weight excluding hydrogens is 324 g/mol. The number of aryl methyl sites for hydroxylation is 1. The van der Waals surface area contributed by atoms with Gasteiger partial charge in [-0.1, -0.05) is 11.3 Å². The Labute approximate surface area is 143 Å². The summed E-state index contributed by atoms with van der Waals surface area (Å²) in [7, 11) is 0. The molecule has 124 valence electrons. The van der Waals surface area contributed by atoms with Crippen LogP contribution in [0.3, 0.4) is 0 Å². The number of hydrogen-bond donors (Lipinski definition) is 2. The smallest absolute Gasteiger partial charge is 0.268 e. The monoisotopic (exact) mass is 342 g/mol. The third-order valence-corrected chi connectivity index (χ3v) is 5.12. The second-order valence-corrected chi connectivity index (χ2v) is 6.76. The van der Waals surface area contributed by atoms with E-state index in [1.54, 1.807) is 0 Å². The molecule has 0 radical (unpaired) electrons. The molecule has 3 aromatic heterocycles. The van der Waals surface area contributed by atoms with Gasteiger partial charge < -0.3 is 15.6 Å². The molecule has 3 aromatic rings. The number of carbonyl (C=O) groups excluding carboxylic acids is 1. The van der Waals surface area contributed by atoms with E-state index >= 15 is 0 Å². The van der Waals surface area contributed by atoms with Crippen molar-refractivity contribution in [3.63, 3.8) is 0 Å². The van der Waals surface area contributed by atoms with Crippen molar-refractivity contribution >= 4 is 28.1 Å². The third-order valence-electron chi connectivity index (χ3n) is 4.03. The van der Waals surface area contributed by atoms with Crippen LogP contribution in [-0.4, -0.2) is 31.7 Å². The van der Waals surface area contributed by atoms with Crippen LogP contribution in [0.15, 0.2) is 30.7 Å². The maximum atomic E-state index is 11.8. The molecule has 0 unspecified atom stereocenters. The van der Waals surface area contributed by atoms with Crippen molar-refractivity contribution in [2.45, 2.75) is 32.4 Å². The van der Waals surface area contributed by atoms with Crippen LogP contribution in [0, 0.1) is 0 Å². The van der Waals surface area contributed by atoms with Crippen molar-refractivity contribution < 1.29 is 4.79 Å². The van der Waals surface area contributed by atoms with E-state index in [-0.39, 0.29) is 0 Å². The maximum Gasteiger partial charge on any atom is 0.268 e. The summed E-state index contributed by atoms with van der Waals surface area (Å²) in [6, 6.07) is 4.21. The van der Waals surface area contributed by atoms with Gasteiger partial charge in [0.1, 0.15) is 0 Å². The fourth-order valence-electron chi connectivity index (χ4n) is 2.69. The van der Waals surface area contributed by atoms with Crippen LogP contribution in [0.5, 0.6) is 0 Å². The molecule has 1 saturated carbocycles. The van der Waals surface area contributed by atoms with E-state index in [1.165, 1.54) is 11.3 Å². The number of amides is 1. The largest absolute Gasteiger partial charge is 0.364 e. The van der Waals surface area contributed by atoms with E-state index < -0.39 is 5.91 Å². The zero-order valence-corrected chi connectivity index (χ0v) is 14.1. The van der Waals surface area contributed by atoms with Crippen LogP contribution in [0.1, 0.15) is 30.3 Å². The second kappa shape index (κ2) is 5.79. The Morgan fingerprint density at radius 1 is 1.54 bits per heavy atom. The van der Waals surface area contributed by atoms with E-state index in [0.29, 0.717) is 11.7 Å². The minimum atomic E-state index is -0.512. The summed E-state index contributed by atoms with van der Waals surface area (Å²) in [5.74, 6) is -0.512. The van der Waals surface area contributed by atoms with Gasteiger partial charge >= 0.3 is 0 Å². The van der Waals surface area contributed by atoms with Crippen LogP contribution in [0.2, 0.25) is 0 Å². The van der Waals surface area contributed by atoms with Gasteiger partial charge in [-0.3, -0.25) is 9.48 Å². The molecule has 8 heteroatoms. The van der Waals surface area contributed by atoms with Gasteiger partial charge in [-0.05, 0) is 31.9 Å². The lowest BCUT2D eigenvalue weighted by molar-refractivity contribution is 0.0997. The predicted molar refractivity (Wildman–Crippen MR) is 93.5 cm³/mol. The van der Waals surface area contributed by atoms with Gasteiger partial charge in [-0.15, -0.1) is 0 Å². The van der Waals surface area contributed by atoms with E-state index in [9.17, 15) is 4.79 Å². The molecule has 1 fully saturated rings. The highest BCUT2D eigenvalue weighted by atomic mass is 32.1. The zero-order valence-electron chi connectivity index (χ0n) is 13.3. The van der Waals surface area contributed by atoms with Crippen LogP contribution < -0.4 is 10.6 Å². The normalized spacial score (nSPS) is 14.0. The molecule has 0 aromatic carbocycles. The Hall–Kier alpha value is -2.61. The van der Waals surface area contributed by atoms with Crippen molar-refractivity contribution in [1.82, 2.24) is 19.7 Å². The maximum absolute atomic E-state index is 11.8. The van der Waals surface area contributed by atoms with Gasteiger partial charge in [0.05, 0.1) is 22.5 Å². The standard InChI is InChI=1S/C16H18N6OS/c1-2-21-9-11(8-19-21)22(10-5-6-10)16-20-13(15(17)23)14(24-16)12-4-3-7-18-12/h3-4,7-10,18H,2,5-6H2,1H3,(H2,17,23). The Morgan fingerprint density at radius 3 is 2.96 bits per heavy atom. The number of nitrogens with zero attached hydrogens (tertiary/aromatic N) is 4. The van der Waals surface area contributed by atoms with Crippen LogP contribution in [0.25, 0.3) is 10.6 Å². The summed E-state index contributed by atoms with van der Waals surface area (Å²) in [6.07, 6.45) is 7.91. The number of thiazole rings is 1. The molecule has 0 spiro atoms. The molecule has 24 heavy (non-hydrogen) atoms. The Morgan fingerprint density at radius 2 is 2.38 bits per heavy atom. The summed E-state index contributed by atoms with van der Waals surface area (Å²) < 4.78 is 1.89. The van der Waals surface area contributed by atoms with Crippen molar-refractivity contribution in [3.8, 4) is 10.6 Å². The number of rotatable bonds is 6. The summed E-state index contributed by atoms with van der Waals surface area (Å²) >= 11 is 1.48. The van der Waals surface area contributed by atoms with Crippen LogP contribution in [0.4, 0.5) is 10.8 Å². The number of primary amides is 1. The first-order valence-electron chi connectivity index (χ1n) is 7.93. The Bertz CT molecular complexity index is 861. The molecule has 1 aliphatic carbocycles. The fourth-order valence-corrected chi connectivity index (χ4v) is 3.85. The zero-order chi connectivity index (χ0) is 16.7. The molecule has 1 amide bonds. The van der Waals surface area contributed by atoms with E-state index in [4.69, 9.17) is 5.73 Å². The molecule has 3 heterocycles. The number of aromatic amines is 1. The van der Waals surface area contributed by atoms with Crippen LogP contribution in [-0.2, 0) is 6.54 Å². The van der Waals surface area contributed by atoms with Crippen molar-refractivity contribution in [3.05, 3.63) is 36.4 Å². The topological polar surface area (TPSA) is 92.8 Å². The first kappa shape index (κ1) is 14.9. The van der Waals surface area contributed by atoms with E-state index in [2.05, 4.69) is 26.9 Å². The molecular formula is C16H18N6OS. The highest BCUT2D eigenvalue weighted by Gasteiger charge is 2.34. The average Bonchev–Trinajstić information content (AvgIpc) is 3.01. The SMILES string of the molecule is CCn1cc(N(c2nc(C(N)=O)c(-c3ccc[nH]3)s2)C2CC2)cn1. The number of H-pyrrole nitrogens is 1. The predicted octanol–water partition coefficient (Wildman–Crippen LogP) is 2.75. The minimum Gasteiger partial charge on any atom is -0.364 e. The summed E-state index contributed by atoms with van der Waals surface area (Å²) in [5, 5.41) is 5.14. The van der Waals surface area contributed by atoms with Gasteiger partial charge in [-0.25, -0.2) is 4.98 Å². The molecule has 0 atom stereocenters. The van der Waals surface area contributed by atoms with Crippen molar-refractivity contribution in [2.75, 3.05) is 4.90 Å². The van der Waals surface area contributed by atoms with Gasteiger partial charge in [0.2, 0.25) is 0 Å². The summed E-state index contributed by atoms with van der Waals surface area (Å²) in [6.45, 7) is 2.87. The van der Waals surface area contributed by atoms with Crippen molar-refractivity contribution in [2.24, 2.45) is 5.73 Å². The minimum absolute atomic E-state index is 0.311. The Kier molecular flexibility index (Phi) is 3.61. The highest BCUT2D eigenvalue weighted by Crippen LogP contribution is 2.42. The number of hydrogen-bond acceptors (Lipinski definition) is 5. The van der Waals surface area contributed by atoms with Crippen molar-refractivity contribution in [1.29, 1.82) is 0 Å². The summed E-state index contributed by atoms with van der Waals surface area (Å²) in [4.78, 5) is 22.5. The molecule has 0 bridgehead atoms. The fraction of sp³-hybridized carbons (Fsp3) is 0.312. The van der Waals surface area contributed by atoms with E-state index in [1.807, 2.05) is 35.4 Å². The van der Waals surface area contributed by atoms with Gasteiger partial charge in [0.25, 0.3) is 5.91 Å². The summed E-state index contributed by atoms with van der Waals surface area (Å²) in [5.41, 5.74) is 7.71. The number of aromatic nitrogens is 4. The lowest BCUT2D eigenvalue weighted by atomic mass is 10.3. The molecule has 1 aliphatic rings. The number of carbonyl (C=O) groups is 1. The molecule has 3 N–H and O–H groups in total. The number of anilines is 2. The number of nitrogens with one attached hydrogen (secondary N) is 1. The first-order chi connectivity index (χ1) is 11.7. The number of nitrogens with two attached hydrogens (primary N) is 1. The second-order valence-electron chi connectivity index (χ2n) is 5.78. The molecule has 7 nitrogen and oxygen atoms in total. The lowest BCUT2D eigenvalue weighted by Crippen LogP contribution is -2.19. The highest BCUT2D eigenvalue weighted by molar-refractivity contribution is 7.19. The molecule has 0 aliphatic heterocycles. The third kappa shape index (κ3) is 2.58. The molecule has 0 saturated heterocycles. The first-order valence-corrected chi connectivity index (χ1v) is 8.75. The van der Waals surface area contributed by atoms with Gasteiger partial charge in [-0.2, -0.15) is 5.10 Å².